The van der Waals surface area contributed by atoms with Crippen LogP contribution < -0.4 is 5.32 Å². The molecular weight excluding hydrogens is 264 g/mol. The van der Waals surface area contributed by atoms with E-state index < -0.39 is 12.0 Å². The first-order chi connectivity index (χ1) is 10.2. The number of hydrogen-bond acceptors (Lipinski definition) is 2. The molecule has 0 aliphatic heterocycles. The highest BCUT2D eigenvalue weighted by atomic mass is 16.4. The molecule has 1 aromatic heterocycles. The van der Waals surface area contributed by atoms with Crippen LogP contribution >= 0.6 is 0 Å². The van der Waals surface area contributed by atoms with E-state index in [1.807, 2.05) is 30.5 Å². The number of rotatable bonds is 8. The fourth-order valence-corrected chi connectivity index (χ4v) is 2.65. The Morgan fingerprint density at radius 1 is 1.29 bits per heavy atom. The van der Waals surface area contributed by atoms with Crippen molar-refractivity contribution in [1.29, 1.82) is 0 Å². The molecule has 1 atom stereocenters. The van der Waals surface area contributed by atoms with Crippen LogP contribution in [-0.4, -0.2) is 28.6 Å². The molecule has 114 valence electrons. The van der Waals surface area contributed by atoms with Gasteiger partial charge in [0, 0.05) is 23.5 Å². The smallest absolute Gasteiger partial charge is 0.321 e. The van der Waals surface area contributed by atoms with Crippen LogP contribution in [0.1, 0.15) is 32.3 Å². The van der Waals surface area contributed by atoms with E-state index in [1.165, 1.54) is 0 Å². The van der Waals surface area contributed by atoms with Gasteiger partial charge in [-0.3, -0.25) is 4.79 Å². The predicted octanol–water partition coefficient (Wildman–Crippen LogP) is 3.19. The second kappa shape index (κ2) is 7.27. The van der Waals surface area contributed by atoms with Crippen LogP contribution in [0.4, 0.5) is 0 Å². The highest BCUT2D eigenvalue weighted by Crippen LogP contribution is 2.19. The minimum atomic E-state index is -0.786. The summed E-state index contributed by atoms with van der Waals surface area (Å²) in [5, 5.41) is 13.7. The lowest BCUT2D eigenvalue weighted by molar-refractivity contribution is -0.139. The molecule has 2 rings (SSSR count). The lowest BCUT2D eigenvalue weighted by Gasteiger charge is -2.18. The lowest BCUT2D eigenvalue weighted by Crippen LogP contribution is -2.40. The Hall–Kier alpha value is -1.81. The molecule has 2 aromatic rings. The zero-order valence-corrected chi connectivity index (χ0v) is 12.7. The van der Waals surface area contributed by atoms with Crippen molar-refractivity contribution >= 4 is 16.9 Å². The predicted molar refractivity (Wildman–Crippen MR) is 85.5 cm³/mol. The van der Waals surface area contributed by atoms with Crippen molar-refractivity contribution in [3.05, 3.63) is 36.0 Å². The Bertz CT molecular complexity index is 587. The number of para-hydroxylation sites is 1. The summed E-state index contributed by atoms with van der Waals surface area (Å²) in [6.07, 6.45) is 4.56. The van der Waals surface area contributed by atoms with Crippen molar-refractivity contribution in [2.24, 2.45) is 5.92 Å². The van der Waals surface area contributed by atoms with Gasteiger partial charge in [-0.2, -0.15) is 0 Å². The summed E-state index contributed by atoms with van der Waals surface area (Å²) in [6, 6.07) is 7.45. The molecule has 4 heteroatoms. The Morgan fingerprint density at radius 3 is 2.67 bits per heavy atom. The van der Waals surface area contributed by atoms with Crippen molar-refractivity contribution in [1.82, 2.24) is 10.3 Å². The van der Waals surface area contributed by atoms with Crippen LogP contribution in [0.25, 0.3) is 10.9 Å². The summed E-state index contributed by atoms with van der Waals surface area (Å²) in [5.74, 6) is -0.249. The summed E-state index contributed by atoms with van der Waals surface area (Å²) in [6.45, 7) is 5.04. The number of carbonyl (C=O) groups is 1. The summed E-state index contributed by atoms with van der Waals surface area (Å²) in [7, 11) is 0. The quantitative estimate of drug-likeness (QED) is 0.699. The summed E-state index contributed by atoms with van der Waals surface area (Å²) >= 11 is 0. The molecule has 0 saturated heterocycles. The number of benzene rings is 1. The van der Waals surface area contributed by atoms with E-state index >= 15 is 0 Å². The molecule has 0 unspecified atom stereocenters. The average Bonchev–Trinajstić information content (AvgIpc) is 2.90. The van der Waals surface area contributed by atoms with Gasteiger partial charge in [-0.15, -0.1) is 0 Å². The standard InChI is InChI=1S/C17H24N2O2/c1-3-12(4-2)10-18-16(17(20)21)9-13-11-19-15-8-6-5-7-14(13)15/h5-8,11-12,16,18-19H,3-4,9-10H2,1-2H3,(H,20,21)/t16-/m0/s1. The van der Waals surface area contributed by atoms with Crippen molar-refractivity contribution < 1.29 is 9.90 Å². The van der Waals surface area contributed by atoms with Gasteiger partial charge in [0.05, 0.1) is 0 Å². The van der Waals surface area contributed by atoms with Crippen LogP contribution in [0.5, 0.6) is 0 Å². The van der Waals surface area contributed by atoms with Crippen molar-refractivity contribution in [3.63, 3.8) is 0 Å². The number of nitrogens with one attached hydrogen (secondary N) is 2. The molecule has 1 aromatic carbocycles. The summed E-state index contributed by atoms with van der Waals surface area (Å²) < 4.78 is 0. The third-order valence-corrected chi connectivity index (χ3v) is 4.20. The first-order valence-corrected chi connectivity index (χ1v) is 7.66. The number of aliphatic carboxylic acids is 1. The van der Waals surface area contributed by atoms with Crippen LogP contribution in [0, 0.1) is 5.92 Å². The molecule has 0 amide bonds. The van der Waals surface area contributed by atoms with E-state index in [9.17, 15) is 9.90 Å². The normalized spacial score (nSPS) is 12.9. The van der Waals surface area contributed by atoms with E-state index in [1.54, 1.807) is 0 Å². The largest absolute Gasteiger partial charge is 0.480 e. The molecule has 1 heterocycles. The maximum absolute atomic E-state index is 11.5. The Labute approximate surface area is 125 Å². The van der Waals surface area contributed by atoms with E-state index in [0.717, 1.165) is 35.9 Å². The third-order valence-electron chi connectivity index (χ3n) is 4.20. The Morgan fingerprint density at radius 2 is 2.00 bits per heavy atom. The van der Waals surface area contributed by atoms with Gasteiger partial charge in [0.15, 0.2) is 0 Å². The third kappa shape index (κ3) is 3.85. The molecule has 0 spiro atoms. The van der Waals surface area contributed by atoms with Gasteiger partial charge < -0.3 is 15.4 Å². The number of hydrogen-bond donors (Lipinski definition) is 3. The monoisotopic (exact) mass is 288 g/mol. The zero-order valence-electron chi connectivity index (χ0n) is 12.7. The number of carboxylic acids is 1. The topological polar surface area (TPSA) is 65.1 Å². The molecule has 3 N–H and O–H groups in total. The van der Waals surface area contributed by atoms with E-state index in [-0.39, 0.29) is 0 Å². The molecule has 0 radical (unpaired) electrons. The van der Waals surface area contributed by atoms with Crippen molar-refractivity contribution in [2.75, 3.05) is 6.54 Å². The van der Waals surface area contributed by atoms with E-state index in [4.69, 9.17) is 0 Å². The lowest BCUT2D eigenvalue weighted by atomic mass is 10.0. The van der Waals surface area contributed by atoms with Crippen LogP contribution in [0.15, 0.2) is 30.5 Å². The van der Waals surface area contributed by atoms with Gasteiger partial charge in [0.25, 0.3) is 0 Å². The molecule has 0 aliphatic carbocycles. The molecule has 0 saturated carbocycles. The van der Waals surface area contributed by atoms with E-state index in [0.29, 0.717) is 12.3 Å². The fraction of sp³-hybridized carbons (Fsp3) is 0.471. The average molecular weight is 288 g/mol. The number of fused-ring (bicyclic) bond motifs is 1. The number of H-pyrrole nitrogens is 1. The molecular formula is C17H24N2O2. The maximum atomic E-state index is 11.5. The van der Waals surface area contributed by atoms with Gasteiger partial charge in [-0.25, -0.2) is 0 Å². The summed E-state index contributed by atoms with van der Waals surface area (Å²) in [4.78, 5) is 14.7. The van der Waals surface area contributed by atoms with Crippen LogP contribution in [-0.2, 0) is 11.2 Å². The minimum Gasteiger partial charge on any atom is -0.480 e. The number of aromatic nitrogens is 1. The minimum absolute atomic E-state index is 0.499. The summed E-state index contributed by atoms with van der Waals surface area (Å²) in [5.41, 5.74) is 2.10. The number of aromatic amines is 1. The molecule has 4 nitrogen and oxygen atoms in total. The van der Waals surface area contributed by atoms with Crippen LogP contribution in [0.3, 0.4) is 0 Å². The SMILES string of the molecule is CCC(CC)CN[C@@H](Cc1c[nH]c2ccccc12)C(=O)O. The van der Waals surface area contributed by atoms with Crippen molar-refractivity contribution in [2.45, 2.75) is 39.2 Å². The fourth-order valence-electron chi connectivity index (χ4n) is 2.65. The Balaban J connectivity index is 2.07. The highest BCUT2D eigenvalue weighted by molar-refractivity contribution is 5.84. The van der Waals surface area contributed by atoms with Gasteiger partial charge in [-0.05, 0) is 24.1 Å². The van der Waals surface area contributed by atoms with Gasteiger partial charge in [-0.1, -0.05) is 44.9 Å². The van der Waals surface area contributed by atoms with Gasteiger partial charge in [0.2, 0.25) is 0 Å². The molecule has 21 heavy (non-hydrogen) atoms. The van der Waals surface area contributed by atoms with Crippen molar-refractivity contribution in [3.8, 4) is 0 Å². The van der Waals surface area contributed by atoms with Crippen LogP contribution in [0.2, 0.25) is 0 Å². The second-order valence-corrected chi connectivity index (χ2v) is 5.55. The Kier molecular flexibility index (Phi) is 5.39. The van der Waals surface area contributed by atoms with Gasteiger partial charge in [0.1, 0.15) is 6.04 Å². The van der Waals surface area contributed by atoms with Gasteiger partial charge >= 0.3 is 5.97 Å². The molecule has 0 bridgehead atoms. The highest BCUT2D eigenvalue weighted by Gasteiger charge is 2.20. The molecule has 0 aliphatic rings. The number of carboxylic acid groups (broad SMARTS) is 1. The second-order valence-electron chi connectivity index (χ2n) is 5.55. The maximum Gasteiger partial charge on any atom is 0.321 e. The first-order valence-electron chi connectivity index (χ1n) is 7.66. The molecule has 0 fully saturated rings. The van der Waals surface area contributed by atoms with E-state index in [2.05, 4.69) is 24.1 Å². The zero-order chi connectivity index (χ0) is 15.2. The first kappa shape index (κ1) is 15.6.